The number of aliphatic hydroxyl groups is 1. The van der Waals surface area contributed by atoms with E-state index in [0.717, 1.165) is 12.8 Å². The summed E-state index contributed by atoms with van der Waals surface area (Å²) in [7, 11) is 0. The van der Waals surface area contributed by atoms with Crippen LogP contribution in [0.1, 0.15) is 26.7 Å². The fourth-order valence-electron chi connectivity index (χ4n) is 1.52. The van der Waals surface area contributed by atoms with Gasteiger partial charge in [-0.1, -0.05) is 13.3 Å². The highest BCUT2D eigenvalue weighted by atomic mass is 16.5. The molecule has 0 aromatic carbocycles. The summed E-state index contributed by atoms with van der Waals surface area (Å²) < 4.78 is 5.51. The molecule has 1 fully saturated rings. The molecule has 3 nitrogen and oxygen atoms in total. The molecule has 0 radical (unpaired) electrons. The van der Waals surface area contributed by atoms with Crippen molar-refractivity contribution in [1.82, 2.24) is 5.32 Å². The van der Waals surface area contributed by atoms with Gasteiger partial charge in [0.05, 0.1) is 19.3 Å². The summed E-state index contributed by atoms with van der Waals surface area (Å²) in [6.07, 6.45) is 2.10. The van der Waals surface area contributed by atoms with Crippen LogP contribution in [-0.4, -0.2) is 30.1 Å². The highest BCUT2D eigenvalue weighted by Gasteiger charge is 2.33. The molecule has 0 spiro atoms. The third-order valence-electron chi connectivity index (χ3n) is 2.06. The monoisotopic (exact) mass is 159 g/mol. The van der Waals surface area contributed by atoms with Crippen LogP contribution in [0.5, 0.6) is 0 Å². The lowest BCUT2D eigenvalue weighted by Gasteiger charge is -2.23. The maximum Gasteiger partial charge on any atom is 0.116 e. The summed E-state index contributed by atoms with van der Waals surface area (Å²) in [4.78, 5) is 0. The van der Waals surface area contributed by atoms with Gasteiger partial charge >= 0.3 is 0 Å². The maximum absolute atomic E-state index is 8.82. The van der Waals surface area contributed by atoms with Crippen molar-refractivity contribution in [2.75, 3.05) is 13.2 Å². The lowest BCUT2D eigenvalue weighted by molar-refractivity contribution is -0.00117. The Morgan fingerprint density at radius 2 is 2.45 bits per heavy atom. The van der Waals surface area contributed by atoms with Crippen LogP contribution in [0.3, 0.4) is 0 Å². The van der Waals surface area contributed by atoms with Gasteiger partial charge in [0.15, 0.2) is 0 Å². The van der Waals surface area contributed by atoms with Crippen LogP contribution in [0.25, 0.3) is 0 Å². The van der Waals surface area contributed by atoms with Crippen LogP contribution in [-0.2, 0) is 4.74 Å². The quantitative estimate of drug-likeness (QED) is 0.629. The zero-order valence-corrected chi connectivity index (χ0v) is 7.26. The number of hydrogen-bond donors (Lipinski definition) is 2. The van der Waals surface area contributed by atoms with Crippen LogP contribution >= 0.6 is 0 Å². The lowest BCUT2D eigenvalue weighted by atomic mass is 10.1. The first-order chi connectivity index (χ1) is 5.20. The van der Waals surface area contributed by atoms with E-state index in [1.807, 2.05) is 6.92 Å². The maximum atomic E-state index is 8.82. The van der Waals surface area contributed by atoms with Crippen molar-refractivity contribution in [1.29, 1.82) is 0 Å². The molecule has 2 N–H and O–H groups in total. The van der Waals surface area contributed by atoms with E-state index in [9.17, 15) is 0 Å². The summed E-state index contributed by atoms with van der Waals surface area (Å²) >= 11 is 0. The molecule has 3 heteroatoms. The minimum atomic E-state index is -0.192. The number of hydrogen-bond acceptors (Lipinski definition) is 3. The molecule has 2 unspecified atom stereocenters. The van der Waals surface area contributed by atoms with Gasteiger partial charge in [-0.15, -0.1) is 0 Å². The molecule has 11 heavy (non-hydrogen) atoms. The Morgan fingerprint density at radius 1 is 1.73 bits per heavy atom. The van der Waals surface area contributed by atoms with E-state index in [2.05, 4.69) is 12.2 Å². The second-order valence-corrected chi connectivity index (χ2v) is 3.32. The van der Waals surface area contributed by atoms with Crippen molar-refractivity contribution in [3.8, 4) is 0 Å². The van der Waals surface area contributed by atoms with E-state index in [0.29, 0.717) is 6.61 Å². The minimum Gasteiger partial charge on any atom is -0.395 e. The van der Waals surface area contributed by atoms with Crippen molar-refractivity contribution < 1.29 is 9.84 Å². The zero-order valence-electron chi connectivity index (χ0n) is 7.26. The fraction of sp³-hybridized carbons (Fsp3) is 1.00. The first-order valence-corrected chi connectivity index (χ1v) is 4.22. The molecule has 2 atom stereocenters. The molecular weight excluding hydrogens is 142 g/mol. The molecule has 66 valence electrons. The molecule has 1 heterocycles. The summed E-state index contributed by atoms with van der Waals surface area (Å²) in [5.41, 5.74) is -0.192. The molecular formula is C8H17NO2. The highest BCUT2D eigenvalue weighted by Crippen LogP contribution is 2.20. The van der Waals surface area contributed by atoms with Gasteiger partial charge in [0, 0.05) is 0 Å². The standard InChI is InChI=1S/C8H17NO2/c1-3-4-8(2)9-7(5-10)6-11-8/h7,9-10H,3-6H2,1-2H3. The molecule has 0 saturated carbocycles. The molecule has 1 rings (SSSR count). The van der Waals surface area contributed by atoms with Crippen molar-refractivity contribution in [3.63, 3.8) is 0 Å². The van der Waals surface area contributed by atoms with Gasteiger partial charge in [-0.05, 0) is 13.3 Å². The molecule has 0 aromatic rings. The predicted octanol–water partition coefficient (Wildman–Crippen LogP) is 0.483. The van der Waals surface area contributed by atoms with Crippen molar-refractivity contribution >= 4 is 0 Å². The molecule has 1 aliphatic heterocycles. The Hall–Kier alpha value is -0.120. The van der Waals surface area contributed by atoms with Crippen molar-refractivity contribution in [3.05, 3.63) is 0 Å². The van der Waals surface area contributed by atoms with Crippen LogP contribution < -0.4 is 5.32 Å². The second-order valence-electron chi connectivity index (χ2n) is 3.32. The van der Waals surface area contributed by atoms with E-state index in [4.69, 9.17) is 9.84 Å². The summed E-state index contributed by atoms with van der Waals surface area (Å²) in [5, 5.41) is 12.1. The molecule has 1 aliphatic rings. The first kappa shape index (κ1) is 8.97. The van der Waals surface area contributed by atoms with Crippen molar-refractivity contribution in [2.45, 2.75) is 38.5 Å². The first-order valence-electron chi connectivity index (χ1n) is 4.22. The van der Waals surface area contributed by atoms with E-state index in [1.165, 1.54) is 0 Å². The van der Waals surface area contributed by atoms with Gasteiger partial charge in [0.25, 0.3) is 0 Å². The van der Waals surface area contributed by atoms with Crippen molar-refractivity contribution in [2.24, 2.45) is 0 Å². The van der Waals surface area contributed by atoms with Gasteiger partial charge < -0.3 is 9.84 Å². The van der Waals surface area contributed by atoms with Crippen LogP contribution in [0.4, 0.5) is 0 Å². The predicted molar refractivity (Wildman–Crippen MR) is 43.3 cm³/mol. The fourth-order valence-corrected chi connectivity index (χ4v) is 1.52. The molecule has 0 bridgehead atoms. The van der Waals surface area contributed by atoms with E-state index >= 15 is 0 Å². The second kappa shape index (κ2) is 3.52. The third kappa shape index (κ3) is 2.15. The van der Waals surface area contributed by atoms with Crippen LogP contribution in [0, 0.1) is 0 Å². The molecule has 1 saturated heterocycles. The Labute approximate surface area is 67.7 Å². The van der Waals surface area contributed by atoms with Gasteiger partial charge in [-0.2, -0.15) is 0 Å². The molecule has 0 amide bonds. The van der Waals surface area contributed by atoms with Gasteiger partial charge in [0.1, 0.15) is 5.72 Å². The Morgan fingerprint density at radius 3 is 2.91 bits per heavy atom. The smallest absolute Gasteiger partial charge is 0.116 e. The Balaban J connectivity index is 2.37. The van der Waals surface area contributed by atoms with E-state index in [1.54, 1.807) is 0 Å². The van der Waals surface area contributed by atoms with Crippen LogP contribution in [0.2, 0.25) is 0 Å². The van der Waals surface area contributed by atoms with Crippen LogP contribution in [0.15, 0.2) is 0 Å². The number of nitrogens with one attached hydrogen (secondary N) is 1. The third-order valence-corrected chi connectivity index (χ3v) is 2.06. The zero-order chi connectivity index (χ0) is 8.32. The Kier molecular flexibility index (Phi) is 2.87. The Bertz CT molecular complexity index is 129. The summed E-state index contributed by atoms with van der Waals surface area (Å²) in [5.74, 6) is 0. The minimum absolute atomic E-state index is 0.131. The molecule has 0 aliphatic carbocycles. The number of ether oxygens (including phenoxy) is 1. The average Bonchev–Trinajstić information content (AvgIpc) is 2.33. The van der Waals surface area contributed by atoms with Gasteiger partial charge in [-0.25, -0.2) is 0 Å². The van der Waals surface area contributed by atoms with Gasteiger partial charge in [-0.3, -0.25) is 5.32 Å². The number of rotatable bonds is 3. The van der Waals surface area contributed by atoms with E-state index in [-0.39, 0.29) is 18.4 Å². The highest BCUT2D eigenvalue weighted by molar-refractivity contribution is 4.84. The summed E-state index contributed by atoms with van der Waals surface area (Å²) in [6.45, 7) is 4.96. The van der Waals surface area contributed by atoms with Gasteiger partial charge in [0.2, 0.25) is 0 Å². The molecule has 0 aromatic heterocycles. The van der Waals surface area contributed by atoms with E-state index < -0.39 is 0 Å². The average molecular weight is 159 g/mol. The largest absolute Gasteiger partial charge is 0.395 e. The number of aliphatic hydroxyl groups excluding tert-OH is 1. The SMILES string of the molecule is CCCC1(C)NC(CO)CO1. The normalized spacial score (nSPS) is 37.9. The summed E-state index contributed by atoms with van der Waals surface area (Å²) in [6, 6.07) is 0.131. The topological polar surface area (TPSA) is 41.5 Å². The lowest BCUT2D eigenvalue weighted by Crippen LogP contribution is -2.42.